The molecule has 5 atom stereocenters. The molecule has 0 amide bonds. The number of esters is 1. The number of terminal acetylenes is 1. The van der Waals surface area contributed by atoms with E-state index in [4.69, 9.17) is 30.7 Å². The van der Waals surface area contributed by atoms with Crippen molar-refractivity contribution < 1.29 is 46.2 Å². The number of ether oxygens (including phenoxy) is 2. The largest absolute Gasteiger partial charge is 0.464 e. The third-order valence-corrected chi connectivity index (χ3v) is 11.6. The zero-order chi connectivity index (χ0) is 41.7. The summed E-state index contributed by atoms with van der Waals surface area (Å²) >= 11 is 0. The third-order valence-electron chi connectivity index (χ3n) is 10.1. The summed E-state index contributed by atoms with van der Waals surface area (Å²) in [7, 11) is -4.71. The lowest BCUT2D eigenvalue weighted by molar-refractivity contribution is -0.147. The number of rotatable bonds is 23. The van der Waals surface area contributed by atoms with Gasteiger partial charge in [0.2, 0.25) is 0 Å². The summed E-state index contributed by atoms with van der Waals surface area (Å²) < 4.78 is 82.9. The summed E-state index contributed by atoms with van der Waals surface area (Å²) in [5.74, 6) is -0.257. The van der Waals surface area contributed by atoms with Gasteiger partial charge in [-0.15, -0.1) is 6.42 Å². The topological polar surface area (TPSA) is 173 Å². The minimum absolute atomic E-state index is 0.0185. The summed E-state index contributed by atoms with van der Waals surface area (Å²) in [5, 5.41) is 14.0. The van der Waals surface area contributed by atoms with Gasteiger partial charge in [0.1, 0.15) is 42.4 Å². The standard InChI is InChI=1S/C41H52F3N6O7P/c1-4-7-9-12-16-28(17-13-10-8-5-2)25-54-39(52)33(22-29-20-30(42)23-31(43)21-29)49-58(53,57-32-18-14-11-15-19-32)55-26-41(6-3)34(51)24-35(56-41)50-27-46-36-37(45)47-40(44)48-38(36)50/h3,11,14-15,18-21,23,27-28,33-35,51H,4-5,7-10,12-13,16-17,22,24-26H2,1-2H3,(H,49,53)(H2,45,47,48)/t33-,34-,35+,41+,58-/m0/s1. The lowest BCUT2D eigenvalue weighted by atomic mass is 9.95. The fourth-order valence-corrected chi connectivity index (χ4v) is 8.42. The maximum Gasteiger partial charge on any atom is 0.459 e. The average molecular weight is 829 g/mol. The number of hydrogen-bond donors (Lipinski definition) is 3. The summed E-state index contributed by atoms with van der Waals surface area (Å²) in [6, 6.07) is 9.24. The Balaban J connectivity index is 1.40. The van der Waals surface area contributed by atoms with Crippen LogP contribution in [0.15, 0.2) is 54.9 Å². The second kappa shape index (κ2) is 20.9. The van der Waals surface area contributed by atoms with Crippen molar-refractivity contribution in [3.63, 3.8) is 0 Å². The van der Waals surface area contributed by atoms with Crippen molar-refractivity contribution in [3.05, 3.63) is 78.1 Å². The maximum atomic E-state index is 14.8. The van der Waals surface area contributed by atoms with Crippen molar-refractivity contribution in [2.24, 2.45) is 5.92 Å². The molecule has 2 aromatic heterocycles. The van der Waals surface area contributed by atoms with Crippen molar-refractivity contribution in [3.8, 4) is 18.1 Å². The Hall–Kier alpha value is -4.52. The SMILES string of the molecule is C#C[C@]1(CO[P@@](=O)(N[C@@H](Cc2cc(F)cc(F)c2)C(=O)OCC(CCCCCC)CCCCCC)Oc2ccccc2)O[C@@H](n2cnc3c(N)nc(F)nc32)C[C@@H]1O. The Morgan fingerprint density at radius 3 is 2.38 bits per heavy atom. The number of aliphatic hydroxyl groups excluding tert-OH is 1. The Morgan fingerprint density at radius 2 is 1.74 bits per heavy atom. The molecule has 0 bridgehead atoms. The summed E-state index contributed by atoms with van der Waals surface area (Å²) in [6.45, 7) is 3.61. The highest BCUT2D eigenvalue weighted by atomic mass is 31.2. The lowest BCUT2D eigenvalue weighted by Gasteiger charge is -2.30. The van der Waals surface area contributed by atoms with Crippen molar-refractivity contribution in [2.45, 2.75) is 115 Å². The molecule has 1 fully saturated rings. The van der Waals surface area contributed by atoms with E-state index in [-0.39, 0.29) is 53.7 Å². The van der Waals surface area contributed by atoms with E-state index in [2.05, 4.69) is 39.8 Å². The highest BCUT2D eigenvalue weighted by Crippen LogP contribution is 2.48. The molecule has 4 N–H and O–H groups in total. The predicted octanol–water partition coefficient (Wildman–Crippen LogP) is 7.98. The molecule has 0 saturated carbocycles. The molecule has 4 aromatic rings. The van der Waals surface area contributed by atoms with Crippen LogP contribution in [0, 0.1) is 36.0 Å². The Labute approximate surface area is 336 Å². The van der Waals surface area contributed by atoms with Crippen LogP contribution in [0.1, 0.15) is 96.3 Å². The molecule has 2 aromatic carbocycles. The second-order valence-electron chi connectivity index (χ2n) is 14.6. The molecule has 314 valence electrons. The smallest absolute Gasteiger partial charge is 0.459 e. The van der Waals surface area contributed by atoms with Crippen LogP contribution in [0.25, 0.3) is 11.2 Å². The van der Waals surface area contributed by atoms with Crippen LogP contribution in [-0.2, 0) is 29.8 Å². The fraction of sp³-hybridized carbons (Fsp3) is 0.512. The van der Waals surface area contributed by atoms with Gasteiger partial charge in [-0.05, 0) is 55.0 Å². The molecule has 13 nitrogen and oxygen atoms in total. The fourth-order valence-electron chi connectivity index (χ4n) is 6.90. The number of imidazole rings is 1. The lowest BCUT2D eigenvalue weighted by Crippen LogP contribution is -2.44. The van der Waals surface area contributed by atoms with Gasteiger partial charge in [-0.2, -0.15) is 19.4 Å². The average Bonchev–Trinajstić information content (AvgIpc) is 3.76. The molecule has 17 heteroatoms. The van der Waals surface area contributed by atoms with E-state index in [1.807, 2.05) is 0 Å². The van der Waals surface area contributed by atoms with Gasteiger partial charge >= 0.3 is 19.8 Å². The number of para-hydroxylation sites is 1. The van der Waals surface area contributed by atoms with E-state index in [1.54, 1.807) is 18.2 Å². The molecule has 0 aliphatic carbocycles. The van der Waals surface area contributed by atoms with Crippen molar-refractivity contribution in [2.75, 3.05) is 18.9 Å². The Morgan fingerprint density at radius 1 is 1.07 bits per heavy atom. The van der Waals surface area contributed by atoms with Crippen LogP contribution < -0.4 is 15.3 Å². The summed E-state index contributed by atoms with van der Waals surface area (Å²) in [5.41, 5.74) is 4.00. The monoisotopic (exact) mass is 828 g/mol. The number of nitrogens with two attached hydrogens (primary N) is 1. The van der Waals surface area contributed by atoms with Crippen molar-refractivity contribution >= 4 is 30.7 Å². The number of hydrogen-bond acceptors (Lipinski definition) is 11. The number of nitrogens with zero attached hydrogens (tertiary/aromatic N) is 4. The van der Waals surface area contributed by atoms with E-state index in [0.717, 1.165) is 76.3 Å². The van der Waals surface area contributed by atoms with Crippen molar-refractivity contribution in [1.29, 1.82) is 0 Å². The van der Waals surface area contributed by atoms with Crippen LogP contribution in [0.5, 0.6) is 5.75 Å². The molecule has 0 radical (unpaired) electrons. The summed E-state index contributed by atoms with van der Waals surface area (Å²) in [6.07, 6.45) is 13.2. The predicted molar refractivity (Wildman–Crippen MR) is 212 cm³/mol. The number of nitrogen functional groups attached to an aromatic ring is 1. The molecule has 0 spiro atoms. The minimum Gasteiger partial charge on any atom is -0.464 e. The summed E-state index contributed by atoms with van der Waals surface area (Å²) in [4.78, 5) is 25.4. The zero-order valence-electron chi connectivity index (χ0n) is 32.8. The Bertz CT molecular complexity index is 2020. The number of benzene rings is 2. The number of unbranched alkanes of at least 4 members (excludes halogenated alkanes) is 6. The van der Waals surface area contributed by atoms with Gasteiger partial charge < -0.3 is 24.8 Å². The Kier molecular flexibility index (Phi) is 16.1. The van der Waals surface area contributed by atoms with Gasteiger partial charge in [-0.25, -0.2) is 18.3 Å². The van der Waals surface area contributed by atoms with E-state index in [0.29, 0.717) is 6.07 Å². The molecular formula is C41H52F3N6O7P. The molecule has 3 heterocycles. The normalized spacial score (nSPS) is 19.6. The molecule has 1 aliphatic rings. The van der Waals surface area contributed by atoms with Gasteiger partial charge in [0.05, 0.1) is 12.9 Å². The van der Waals surface area contributed by atoms with E-state index in [1.165, 1.54) is 23.0 Å². The van der Waals surface area contributed by atoms with Crippen LogP contribution in [0.3, 0.4) is 0 Å². The maximum absolute atomic E-state index is 14.8. The van der Waals surface area contributed by atoms with Crippen LogP contribution in [-0.4, -0.2) is 61.6 Å². The first-order chi connectivity index (χ1) is 27.9. The van der Waals surface area contributed by atoms with Crippen molar-refractivity contribution in [1.82, 2.24) is 24.6 Å². The molecule has 1 aliphatic heterocycles. The van der Waals surface area contributed by atoms with Crippen LogP contribution in [0.4, 0.5) is 19.0 Å². The molecule has 0 unspecified atom stereocenters. The molecular weight excluding hydrogens is 776 g/mol. The molecule has 1 saturated heterocycles. The minimum atomic E-state index is -4.71. The highest BCUT2D eigenvalue weighted by Gasteiger charge is 2.50. The first kappa shape index (κ1) is 44.6. The first-order valence-electron chi connectivity index (χ1n) is 19.7. The molecule has 5 rings (SSSR count). The van der Waals surface area contributed by atoms with Gasteiger partial charge in [0, 0.05) is 12.5 Å². The quantitative estimate of drug-likeness (QED) is 0.0217. The number of nitrogens with one attached hydrogen (secondary N) is 1. The van der Waals surface area contributed by atoms with E-state index >= 15 is 0 Å². The number of fused-ring (bicyclic) bond motifs is 1. The number of anilines is 1. The van der Waals surface area contributed by atoms with Crippen LogP contribution in [0.2, 0.25) is 0 Å². The first-order valence-corrected chi connectivity index (χ1v) is 21.3. The number of aliphatic hydroxyl groups is 1. The molecule has 58 heavy (non-hydrogen) atoms. The van der Waals surface area contributed by atoms with Gasteiger partial charge in [0.15, 0.2) is 22.6 Å². The number of halogens is 3. The van der Waals surface area contributed by atoms with Gasteiger partial charge in [0.25, 0.3) is 0 Å². The second-order valence-corrected chi connectivity index (χ2v) is 16.3. The zero-order valence-corrected chi connectivity index (χ0v) is 33.7. The third kappa shape index (κ3) is 12.0. The number of carbonyl (C=O) groups excluding carboxylic acids is 1. The van der Waals surface area contributed by atoms with E-state index in [9.17, 15) is 27.6 Å². The number of aromatic nitrogens is 4. The van der Waals surface area contributed by atoms with E-state index < -0.39 is 62.0 Å². The van der Waals surface area contributed by atoms with Crippen LogP contribution >= 0.6 is 7.75 Å². The van der Waals surface area contributed by atoms with Gasteiger partial charge in [-0.1, -0.05) is 89.3 Å². The number of carbonyl (C=O) groups is 1. The van der Waals surface area contributed by atoms with Gasteiger partial charge in [-0.3, -0.25) is 13.9 Å². The highest BCUT2D eigenvalue weighted by molar-refractivity contribution is 7.52.